The minimum atomic E-state index is -0.592. The molecule has 21 heavy (non-hydrogen) atoms. The first kappa shape index (κ1) is 14.7. The lowest BCUT2D eigenvalue weighted by Gasteiger charge is -2.07. The van der Waals surface area contributed by atoms with Crippen molar-refractivity contribution >= 4 is 0 Å². The molecule has 9 heteroatoms. The molecule has 2 aromatic rings. The van der Waals surface area contributed by atoms with Crippen LogP contribution in [0.4, 0.5) is 0 Å². The van der Waals surface area contributed by atoms with E-state index in [0.29, 0.717) is 24.9 Å². The van der Waals surface area contributed by atoms with E-state index in [1.54, 1.807) is 0 Å². The standard InChI is InChI=1S/C12H15N5O4/c1-2-8-7-16(11(20)15-10(8)19)4-3-5-17-12(21)14-9(18)6-13-17/h6-7H,2-5H2,1H3,(H,14,18,21)(H,15,19,20). The molecule has 0 unspecified atom stereocenters. The van der Waals surface area contributed by atoms with Crippen LogP contribution in [0.15, 0.2) is 31.6 Å². The third kappa shape index (κ3) is 3.44. The van der Waals surface area contributed by atoms with Gasteiger partial charge in [0.05, 0.1) is 0 Å². The van der Waals surface area contributed by atoms with Crippen molar-refractivity contribution in [3.05, 3.63) is 59.6 Å². The second-order valence-electron chi connectivity index (χ2n) is 4.48. The summed E-state index contributed by atoms with van der Waals surface area (Å²) in [6.45, 7) is 2.40. The molecule has 0 aromatic carbocycles. The molecule has 2 rings (SSSR count). The Balaban J connectivity index is 2.10. The van der Waals surface area contributed by atoms with Crippen LogP contribution in [0.25, 0.3) is 0 Å². The Labute approximate surface area is 117 Å². The molecule has 0 bridgehead atoms. The van der Waals surface area contributed by atoms with Crippen molar-refractivity contribution in [1.29, 1.82) is 0 Å². The van der Waals surface area contributed by atoms with Gasteiger partial charge in [0.2, 0.25) is 0 Å². The van der Waals surface area contributed by atoms with Gasteiger partial charge < -0.3 is 4.57 Å². The van der Waals surface area contributed by atoms with Gasteiger partial charge >= 0.3 is 11.4 Å². The summed E-state index contributed by atoms with van der Waals surface area (Å²) in [7, 11) is 0. The molecule has 0 spiro atoms. The van der Waals surface area contributed by atoms with E-state index < -0.39 is 16.9 Å². The zero-order chi connectivity index (χ0) is 15.4. The van der Waals surface area contributed by atoms with Crippen LogP contribution in [0.5, 0.6) is 0 Å². The lowest BCUT2D eigenvalue weighted by Crippen LogP contribution is -2.33. The van der Waals surface area contributed by atoms with E-state index in [9.17, 15) is 19.2 Å². The number of aromatic amines is 2. The Bertz CT molecular complexity index is 857. The predicted octanol–water partition coefficient (Wildman–Crippen LogP) is -1.57. The quantitative estimate of drug-likeness (QED) is 0.690. The number of rotatable bonds is 5. The molecule has 9 nitrogen and oxygen atoms in total. The van der Waals surface area contributed by atoms with Crippen molar-refractivity contribution in [2.75, 3.05) is 0 Å². The maximum Gasteiger partial charge on any atom is 0.344 e. The van der Waals surface area contributed by atoms with Gasteiger partial charge in [-0.05, 0) is 12.8 Å². The molecule has 0 aliphatic heterocycles. The molecule has 0 saturated carbocycles. The molecular weight excluding hydrogens is 278 g/mol. The Kier molecular flexibility index (Phi) is 4.31. The minimum Gasteiger partial charge on any atom is -0.300 e. The molecule has 112 valence electrons. The van der Waals surface area contributed by atoms with Crippen molar-refractivity contribution in [1.82, 2.24) is 24.3 Å². The smallest absolute Gasteiger partial charge is 0.300 e. The van der Waals surface area contributed by atoms with Crippen LogP contribution in [-0.2, 0) is 19.5 Å². The van der Waals surface area contributed by atoms with E-state index in [4.69, 9.17) is 0 Å². The lowest BCUT2D eigenvalue weighted by atomic mass is 10.2. The zero-order valence-electron chi connectivity index (χ0n) is 11.5. The topological polar surface area (TPSA) is 123 Å². The SMILES string of the molecule is CCc1cn(CCCn2ncc(=O)[nH]c2=O)c(=O)[nH]c1=O. The average molecular weight is 293 g/mol. The summed E-state index contributed by atoms with van der Waals surface area (Å²) in [5, 5.41) is 3.69. The molecule has 0 atom stereocenters. The van der Waals surface area contributed by atoms with Gasteiger partial charge in [0.1, 0.15) is 6.20 Å². The molecule has 0 radical (unpaired) electrons. The number of hydrogen-bond acceptors (Lipinski definition) is 5. The first-order valence-corrected chi connectivity index (χ1v) is 6.50. The van der Waals surface area contributed by atoms with Gasteiger partial charge in [-0.3, -0.25) is 19.6 Å². The highest BCUT2D eigenvalue weighted by atomic mass is 16.2. The summed E-state index contributed by atoms with van der Waals surface area (Å²) < 4.78 is 2.50. The molecule has 0 aliphatic rings. The summed E-state index contributed by atoms with van der Waals surface area (Å²) in [5.74, 6) is 0. The van der Waals surface area contributed by atoms with Gasteiger partial charge in [-0.15, -0.1) is 0 Å². The van der Waals surface area contributed by atoms with Gasteiger partial charge in [-0.2, -0.15) is 5.10 Å². The van der Waals surface area contributed by atoms with Crippen LogP contribution in [0.2, 0.25) is 0 Å². The fourth-order valence-electron chi connectivity index (χ4n) is 1.90. The highest BCUT2D eigenvalue weighted by Crippen LogP contribution is 1.92. The Morgan fingerprint density at radius 3 is 2.52 bits per heavy atom. The predicted molar refractivity (Wildman–Crippen MR) is 74.4 cm³/mol. The summed E-state index contributed by atoms with van der Waals surface area (Å²) in [5.41, 5.74) is -1.49. The summed E-state index contributed by atoms with van der Waals surface area (Å²) in [6, 6.07) is 0. The summed E-state index contributed by atoms with van der Waals surface area (Å²) in [4.78, 5) is 49.7. The van der Waals surface area contributed by atoms with Gasteiger partial charge in [0, 0.05) is 24.8 Å². The monoisotopic (exact) mass is 293 g/mol. The fourth-order valence-corrected chi connectivity index (χ4v) is 1.90. The number of H-pyrrole nitrogens is 2. The molecule has 2 aromatic heterocycles. The number of aryl methyl sites for hydroxylation is 3. The zero-order valence-corrected chi connectivity index (χ0v) is 11.5. The van der Waals surface area contributed by atoms with Gasteiger partial charge in [0.25, 0.3) is 11.1 Å². The van der Waals surface area contributed by atoms with Gasteiger partial charge in [-0.25, -0.2) is 14.3 Å². The van der Waals surface area contributed by atoms with Crippen LogP contribution >= 0.6 is 0 Å². The van der Waals surface area contributed by atoms with Crippen molar-refractivity contribution in [2.24, 2.45) is 0 Å². The molecule has 0 amide bonds. The van der Waals surface area contributed by atoms with E-state index in [1.807, 2.05) is 6.92 Å². The molecule has 0 saturated heterocycles. The second-order valence-corrected chi connectivity index (χ2v) is 4.48. The lowest BCUT2D eigenvalue weighted by molar-refractivity contribution is 0.484. The maximum absolute atomic E-state index is 11.6. The maximum atomic E-state index is 11.6. The van der Waals surface area contributed by atoms with E-state index in [0.717, 1.165) is 10.9 Å². The van der Waals surface area contributed by atoms with E-state index in [1.165, 1.54) is 10.8 Å². The molecule has 2 N–H and O–H groups in total. The molecule has 0 fully saturated rings. The van der Waals surface area contributed by atoms with E-state index in [2.05, 4.69) is 15.1 Å². The molecule has 0 aliphatic carbocycles. The first-order chi connectivity index (χ1) is 10.0. The number of nitrogens with one attached hydrogen (secondary N) is 2. The second kappa shape index (κ2) is 6.16. The van der Waals surface area contributed by atoms with Gasteiger partial charge in [0.15, 0.2) is 0 Å². The molecular formula is C12H15N5O4. The Hall–Kier alpha value is -2.71. The minimum absolute atomic E-state index is 0.253. The first-order valence-electron chi connectivity index (χ1n) is 6.50. The Morgan fingerprint density at radius 2 is 1.86 bits per heavy atom. The van der Waals surface area contributed by atoms with Crippen LogP contribution in [0.3, 0.4) is 0 Å². The average Bonchev–Trinajstić information content (AvgIpc) is 2.43. The highest BCUT2D eigenvalue weighted by molar-refractivity contribution is 5.03. The number of aromatic nitrogens is 5. The normalized spacial score (nSPS) is 10.7. The van der Waals surface area contributed by atoms with Crippen LogP contribution in [-0.4, -0.2) is 24.3 Å². The third-order valence-electron chi connectivity index (χ3n) is 3.01. The van der Waals surface area contributed by atoms with Crippen molar-refractivity contribution in [2.45, 2.75) is 32.9 Å². The summed E-state index contributed by atoms with van der Waals surface area (Å²) >= 11 is 0. The van der Waals surface area contributed by atoms with E-state index in [-0.39, 0.29) is 12.1 Å². The largest absolute Gasteiger partial charge is 0.344 e. The van der Waals surface area contributed by atoms with Crippen LogP contribution in [0.1, 0.15) is 18.9 Å². The van der Waals surface area contributed by atoms with Crippen LogP contribution in [0, 0.1) is 0 Å². The number of nitrogens with zero attached hydrogens (tertiary/aromatic N) is 3. The summed E-state index contributed by atoms with van der Waals surface area (Å²) in [6.07, 6.45) is 3.51. The van der Waals surface area contributed by atoms with Crippen molar-refractivity contribution in [3.63, 3.8) is 0 Å². The fraction of sp³-hybridized carbons (Fsp3) is 0.417. The van der Waals surface area contributed by atoms with Gasteiger partial charge in [-0.1, -0.05) is 6.92 Å². The highest BCUT2D eigenvalue weighted by Gasteiger charge is 2.04. The van der Waals surface area contributed by atoms with E-state index >= 15 is 0 Å². The van der Waals surface area contributed by atoms with Crippen molar-refractivity contribution in [3.8, 4) is 0 Å². The van der Waals surface area contributed by atoms with Crippen molar-refractivity contribution < 1.29 is 0 Å². The van der Waals surface area contributed by atoms with Crippen LogP contribution < -0.4 is 22.5 Å². The Morgan fingerprint density at radius 1 is 1.10 bits per heavy atom. The number of hydrogen-bond donors (Lipinski definition) is 2. The molecule has 2 heterocycles. The third-order valence-corrected chi connectivity index (χ3v) is 3.01.